The maximum absolute atomic E-state index is 11.4. The molecule has 1 aromatic carbocycles. The maximum atomic E-state index is 11.4. The molecule has 1 rings (SSSR count). The summed E-state index contributed by atoms with van der Waals surface area (Å²) in [5.41, 5.74) is 1.49. The molecule has 5 nitrogen and oxygen atoms in total. The first-order chi connectivity index (χ1) is 9.13. The van der Waals surface area contributed by atoms with Crippen molar-refractivity contribution < 1.29 is 19.4 Å². The summed E-state index contributed by atoms with van der Waals surface area (Å²) in [6.07, 6.45) is 1.28. The summed E-state index contributed by atoms with van der Waals surface area (Å²) in [4.78, 5) is 22.1. The molecule has 0 aliphatic heterocycles. The summed E-state index contributed by atoms with van der Waals surface area (Å²) in [5, 5.41) is 11.4. The van der Waals surface area contributed by atoms with Gasteiger partial charge in [0.1, 0.15) is 0 Å². The zero-order chi connectivity index (χ0) is 14.1. The second kappa shape index (κ2) is 8.13. The van der Waals surface area contributed by atoms with Crippen LogP contribution in [0.1, 0.15) is 30.9 Å². The van der Waals surface area contributed by atoms with E-state index in [1.165, 1.54) is 0 Å². The largest absolute Gasteiger partial charge is 0.481 e. The first-order valence-corrected chi connectivity index (χ1v) is 6.32. The molecule has 0 spiro atoms. The Morgan fingerprint density at radius 1 is 1.26 bits per heavy atom. The molecule has 5 heteroatoms. The van der Waals surface area contributed by atoms with Crippen LogP contribution in [0.4, 0.5) is 4.79 Å². The molecule has 0 saturated carbocycles. The molecule has 0 aliphatic carbocycles. The van der Waals surface area contributed by atoms with Gasteiger partial charge in [0.25, 0.3) is 0 Å². The minimum atomic E-state index is -0.891. The highest BCUT2D eigenvalue weighted by Gasteiger charge is 2.08. The van der Waals surface area contributed by atoms with Crippen LogP contribution in [0.5, 0.6) is 0 Å². The number of carboxylic acid groups (broad SMARTS) is 1. The van der Waals surface area contributed by atoms with E-state index in [4.69, 9.17) is 9.84 Å². The van der Waals surface area contributed by atoms with E-state index in [1.54, 1.807) is 18.2 Å². The lowest BCUT2D eigenvalue weighted by molar-refractivity contribution is -0.136. The molecule has 104 valence electrons. The molecule has 0 heterocycles. The summed E-state index contributed by atoms with van der Waals surface area (Å²) in [6, 6.07) is 7.13. The van der Waals surface area contributed by atoms with Gasteiger partial charge in [-0.25, -0.2) is 4.79 Å². The number of nitrogens with one attached hydrogen (secondary N) is 1. The molecule has 19 heavy (non-hydrogen) atoms. The molecular weight excluding hydrogens is 246 g/mol. The lowest BCUT2D eigenvalue weighted by atomic mass is 10.0. The van der Waals surface area contributed by atoms with E-state index >= 15 is 0 Å². The van der Waals surface area contributed by atoms with Crippen molar-refractivity contribution in [3.05, 3.63) is 35.4 Å². The summed E-state index contributed by atoms with van der Waals surface area (Å²) < 4.78 is 4.96. The summed E-state index contributed by atoms with van der Waals surface area (Å²) in [7, 11) is 0. The average molecular weight is 265 g/mol. The Labute approximate surface area is 112 Å². The number of carboxylic acids is 1. The Kier molecular flexibility index (Phi) is 6.43. The van der Waals surface area contributed by atoms with Crippen LogP contribution in [-0.2, 0) is 22.5 Å². The third-order valence-electron chi connectivity index (χ3n) is 2.61. The molecular formula is C14H19NO4. The summed E-state index contributed by atoms with van der Waals surface area (Å²) in [5.74, 6) is -0.891. The van der Waals surface area contributed by atoms with E-state index in [-0.39, 0.29) is 13.0 Å². The fraction of sp³-hybridized carbons (Fsp3) is 0.429. The summed E-state index contributed by atoms with van der Waals surface area (Å²) in [6.45, 7) is 2.69. The van der Waals surface area contributed by atoms with Crippen molar-refractivity contribution in [1.29, 1.82) is 0 Å². The Bertz CT molecular complexity index is 431. The van der Waals surface area contributed by atoms with Crippen LogP contribution in [0.2, 0.25) is 0 Å². The molecule has 0 bridgehead atoms. The van der Waals surface area contributed by atoms with E-state index < -0.39 is 12.1 Å². The molecule has 0 radical (unpaired) electrons. The van der Waals surface area contributed by atoms with Crippen LogP contribution in [0, 0.1) is 0 Å². The van der Waals surface area contributed by atoms with Gasteiger partial charge in [0, 0.05) is 6.54 Å². The zero-order valence-electron chi connectivity index (χ0n) is 11.0. The van der Waals surface area contributed by atoms with Crippen LogP contribution in [0.25, 0.3) is 0 Å². The van der Waals surface area contributed by atoms with Crippen LogP contribution in [-0.4, -0.2) is 23.8 Å². The smallest absolute Gasteiger partial charge is 0.407 e. The van der Waals surface area contributed by atoms with Crippen LogP contribution < -0.4 is 5.32 Å². The third-order valence-corrected chi connectivity index (χ3v) is 2.61. The van der Waals surface area contributed by atoms with E-state index in [0.29, 0.717) is 12.2 Å². The highest BCUT2D eigenvalue weighted by atomic mass is 16.5. The Balaban J connectivity index is 2.48. The number of hydrogen-bond donors (Lipinski definition) is 2. The van der Waals surface area contributed by atoms with Gasteiger partial charge in [0.15, 0.2) is 0 Å². The molecule has 2 N–H and O–H groups in total. The van der Waals surface area contributed by atoms with Crippen molar-refractivity contribution in [2.24, 2.45) is 0 Å². The van der Waals surface area contributed by atoms with Gasteiger partial charge in [-0.3, -0.25) is 4.79 Å². The van der Waals surface area contributed by atoms with Gasteiger partial charge in [-0.05, 0) is 17.5 Å². The highest BCUT2D eigenvalue weighted by Crippen LogP contribution is 2.09. The van der Waals surface area contributed by atoms with Crippen molar-refractivity contribution in [2.45, 2.75) is 32.7 Å². The van der Waals surface area contributed by atoms with E-state index in [1.807, 2.05) is 13.0 Å². The SMILES string of the molecule is CCCCOC(=O)NCc1ccccc1CC(=O)O. The van der Waals surface area contributed by atoms with Crippen LogP contribution >= 0.6 is 0 Å². The molecule has 0 unspecified atom stereocenters. The van der Waals surface area contributed by atoms with Crippen molar-refractivity contribution in [3.8, 4) is 0 Å². The molecule has 0 atom stereocenters. The molecule has 0 aliphatic rings. The fourth-order valence-corrected chi connectivity index (χ4v) is 1.59. The Hall–Kier alpha value is -2.04. The highest BCUT2D eigenvalue weighted by molar-refractivity contribution is 5.71. The van der Waals surface area contributed by atoms with Crippen molar-refractivity contribution >= 4 is 12.1 Å². The second-order valence-electron chi connectivity index (χ2n) is 4.18. The van der Waals surface area contributed by atoms with E-state index in [0.717, 1.165) is 18.4 Å². The lowest BCUT2D eigenvalue weighted by Crippen LogP contribution is -2.24. The third kappa shape index (κ3) is 5.90. The number of carbonyl (C=O) groups excluding carboxylic acids is 1. The minimum absolute atomic E-state index is 0.0528. The fourth-order valence-electron chi connectivity index (χ4n) is 1.59. The van der Waals surface area contributed by atoms with Gasteiger partial charge >= 0.3 is 12.1 Å². The van der Waals surface area contributed by atoms with Crippen molar-refractivity contribution in [2.75, 3.05) is 6.61 Å². The second-order valence-corrected chi connectivity index (χ2v) is 4.18. The van der Waals surface area contributed by atoms with Gasteiger partial charge in [0.05, 0.1) is 13.0 Å². The zero-order valence-corrected chi connectivity index (χ0v) is 11.0. The van der Waals surface area contributed by atoms with Gasteiger partial charge < -0.3 is 15.2 Å². The normalized spacial score (nSPS) is 9.95. The minimum Gasteiger partial charge on any atom is -0.481 e. The van der Waals surface area contributed by atoms with Crippen molar-refractivity contribution in [1.82, 2.24) is 5.32 Å². The maximum Gasteiger partial charge on any atom is 0.407 e. The number of rotatable bonds is 7. The monoisotopic (exact) mass is 265 g/mol. The number of hydrogen-bond acceptors (Lipinski definition) is 3. The van der Waals surface area contributed by atoms with E-state index in [9.17, 15) is 9.59 Å². The predicted molar refractivity (Wildman–Crippen MR) is 70.9 cm³/mol. The standard InChI is InChI=1S/C14H19NO4/c1-2-3-8-19-14(18)15-10-12-7-5-4-6-11(12)9-13(16)17/h4-7H,2-3,8-10H2,1H3,(H,15,18)(H,16,17). The molecule has 0 saturated heterocycles. The topological polar surface area (TPSA) is 75.6 Å². The molecule has 1 aromatic rings. The Morgan fingerprint density at radius 3 is 2.58 bits per heavy atom. The predicted octanol–water partition coefficient (Wildman–Crippen LogP) is 2.34. The number of alkyl carbamates (subject to hydrolysis) is 1. The lowest BCUT2D eigenvalue weighted by Gasteiger charge is -2.09. The molecule has 0 aromatic heterocycles. The number of benzene rings is 1. The first-order valence-electron chi connectivity index (χ1n) is 6.32. The summed E-state index contributed by atoms with van der Waals surface area (Å²) >= 11 is 0. The quantitative estimate of drug-likeness (QED) is 0.742. The Morgan fingerprint density at radius 2 is 1.95 bits per heavy atom. The van der Waals surface area contributed by atoms with Crippen LogP contribution in [0.3, 0.4) is 0 Å². The number of carbonyl (C=O) groups is 2. The van der Waals surface area contributed by atoms with Crippen molar-refractivity contribution in [3.63, 3.8) is 0 Å². The number of ether oxygens (including phenoxy) is 1. The number of amides is 1. The first kappa shape index (κ1) is 15.0. The molecule has 1 amide bonds. The average Bonchev–Trinajstić information content (AvgIpc) is 2.37. The van der Waals surface area contributed by atoms with E-state index in [2.05, 4.69) is 5.32 Å². The molecule has 0 fully saturated rings. The van der Waals surface area contributed by atoms with Crippen LogP contribution in [0.15, 0.2) is 24.3 Å². The van der Waals surface area contributed by atoms with Gasteiger partial charge in [-0.2, -0.15) is 0 Å². The number of aliphatic carboxylic acids is 1. The van der Waals surface area contributed by atoms with Gasteiger partial charge in [0.2, 0.25) is 0 Å². The van der Waals surface area contributed by atoms with Gasteiger partial charge in [-0.15, -0.1) is 0 Å². The van der Waals surface area contributed by atoms with Gasteiger partial charge in [-0.1, -0.05) is 37.6 Å². The number of unbranched alkanes of at least 4 members (excludes halogenated alkanes) is 1.